The number of rotatable bonds is 6. The Morgan fingerprint density at radius 3 is 2.84 bits per heavy atom. The van der Waals surface area contributed by atoms with Crippen LogP contribution in [0.3, 0.4) is 0 Å². The molecular weight excluding hydrogens is 242 g/mol. The molecule has 0 saturated heterocycles. The summed E-state index contributed by atoms with van der Waals surface area (Å²) in [7, 11) is 0. The van der Waals surface area contributed by atoms with E-state index < -0.39 is 0 Å². The number of nitrogens with one attached hydrogen (secondary N) is 1. The number of nitrogens with zero attached hydrogens (tertiary/aromatic N) is 2. The predicted octanol–water partition coefficient (Wildman–Crippen LogP) is 3.09. The molecule has 2 heterocycles. The van der Waals surface area contributed by atoms with Crippen molar-refractivity contribution in [3.05, 3.63) is 35.5 Å². The van der Waals surface area contributed by atoms with Gasteiger partial charge in [0.25, 0.3) is 0 Å². The standard InChI is InChI=1S/C14H19N3O2/c1-4-7-15-13-10(2)14(17-11(3)16-13)19-9-12-6-5-8-18-12/h5-6,8H,4,7,9H2,1-3H3,(H,15,16,17). The van der Waals surface area contributed by atoms with Crippen molar-refractivity contribution in [2.24, 2.45) is 0 Å². The van der Waals surface area contributed by atoms with E-state index in [1.807, 2.05) is 26.0 Å². The first kappa shape index (κ1) is 13.4. The van der Waals surface area contributed by atoms with Crippen molar-refractivity contribution in [1.29, 1.82) is 0 Å². The third-order valence-corrected chi connectivity index (χ3v) is 2.69. The van der Waals surface area contributed by atoms with Crippen LogP contribution in [0.25, 0.3) is 0 Å². The summed E-state index contributed by atoms with van der Waals surface area (Å²) in [5, 5.41) is 3.28. The van der Waals surface area contributed by atoms with Crippen LogP contribution in [0.5, 0.6) is 5.88 Å². The Morgan fingerprint density at radius 1 is 1.32 bits per heavy atom. The van der Waals surface area contributed by atoms with Crippen LogP contribution in [0.4, 0.5) is 5.82 Å². The van der Waals surface area contributed by atoms with Gasteiger partial charge < -0.3 is 14.5 Å². The van der Waals surface area contributed by atoms with Crippen LogP contribution >= 0.6 is 0 Å². The van der Waals surface area contributed by atoms with Gasteiger partial charge in [-0.25, -0.2) is 4.98 Å². The topological polar surface area (TPSA) is 60.2 Å². The molecule has 2 aromatic rings. The van der Waals surface area contributed by atoms with Crippen molar-refractivity contribution in [3.63, 3.8) is 0 Å². The van der Waals surface area contributed by atoms with Gasteiger partial charge in [0.05, 0.1) is 11.8 Å². The van der Waals surface area contributed by atoms with Gasteiger partial charge in [0.1, 0.15) is 24.0 Å². The number of ether oxygens (including phenoxy) is 1. The van der Waals surface area contributed by atoms with E-state index in [1.54, 1.807) is 6.26 Å². The molecule has 19 heavy (non-hydrogen) atoms. The van der Waals surface area contributed by atoms with Crippen LogP contribution in [0.2, 0.25) is 0 Å². The van der Waals surface area contributed by atoms with Crippen molar-refractivity contribution in [2.75, 3.05) is 11.9 Å². The quantitative estimate of drug-likeness (QED) is 0.865. The minimum atomic E-state index is 0.373. The molecular formula is C14H19N3O2. The average molecular weight is 261 g/mol. The summed E-state index contributed by atoms with van der Waals surface area (Å²) in [6.45, 7) is 7.18. The molecule has 0 bridgehead atoms. The Kier molecular flexibility index (Phi) is 4.39. The summed E-state index contributed by atoms with van der Waals surface area (Å²) < 4.78 is 10.9. The summed E-state index contributed by atoms with van der Waals surface area (Å²) in [5.74, 6) is 2.91. The molecule has 2 rings (SSSR count). The highest BCUT2D eigenvalue weighted by atomic mass is 16.5. The fraction of sp³-hybridized carbons (Fsp3) is 0.429. The van der Waals surface area contributed by atoms with Crippen molar-refractivity contribution >= 4 is 5.82 Å². The Balaban J connectivity index is 2.12. The van der Waals surface area contributed by atoms with Gasteiger partial charge in [-0.05, 0) is 32.4 Å². The maximum absolute atomic E-state index is 5.70. The first-order valence-electron chi connectivity index (χ1n) is 6.45. The van der Waals surface area contributed by atoms with Crippen molar-refractivity contribution in [3.8, 4) is 5.88 Å². The fourth-order valence-electron chi connectivity index (χ4n) is 1.69. The van der Waals surface area contributed by atoms with Crippen LogP contribution in [-0.2, 0) is 6.61 Å². The molecule has 0 amide bonds. The summed E-state index contributed by atoms with van der Waals surface area (Å²) >= 11 is 0. The summed E-state index contributed by atoms with van der Waals surface area (Å²) in [5.41, 5.74) is 0.922. The molecule has 0 saturated carbocycles. The van der Waals surface area contributed by atoms with E-state index in [0.717, 1.165) is 30.1 Å². The molecule has 0 spiro atoms. The lowest BCUT2D eigenvalue weighted by Crippen LogP contribution is -2.08. The Hall–Kier alpha value is -2.04. The van der Waals surface area contributed by atoms with E-state index in [1.165, 1.54) is 0 Å². The van der Waals surface area contributed by atoms with E-state index in [4.69, 9.17) is 9.15 Å². The number of aromatic nitrogens is 2. The number of furan rings is 1. The Labute approximate surface area is 113 Å². The highest BCUT2D eigenvalue weighted by Gasteiger charge is 2.10. The molecule has 2 aromatic heterocycles. The van der Waals surface area contributed by atoms with Gasteiger partial charge in [0.15, 0.2) is 0 Å². The SMILES string of the molecule is CCCNc1nc(C)nc(OCc2ccco2)c1C. The second-order valence-corrected chi connectivity index (χ2v) is 4.34. The van der Waals surface area contributed by atoms with Crippen LogP contribution in [-0.4, -0.2) is 16.5 Å². The third kappa shape index (κ3) is 3.47. The van der Waals surface area contributed by atoms with Crippen LogP contribution in [0.1, 0.15) is 30.5 Å². The predicted molar refractivity (Wildman–Crippen MR) is 73.3 cm³/mol. The van der Waals surface area contributed by atoms with E-state index >= 15 is 0 Å². The molecule has 5 heteroatoms. The smallest absolute Gasteiger partial charge is 0.222 e. The van der Waals surface area contributed by atoms with E-state index in [-0.39, 0.29) is 0 Å². The van der Waals surface area contributed by atoms with E-state index in [0.29, 0.717) is 18.3 Å². The first-order chi connectivity index (χ1) is 9.20. The van der Waals surface area contributed by atoms with Crippen molar-refractivity contribution < 1.29 is 9.15 Å². The monoisotopic (exact) mass is 261 g/mol. The molecule has 0 aliphatic carbocycles. The van der Waals surface area contributed by atoms with Crippen LogP contribution in [0.15, 0.2) is 22.8 Å². The van der Waals surface area contributed by atoms with Crippen LogP contribution < -0.4 is 10.1 Å². The molecule has 0 unspecified atom stereocenters. The second-order valence-electron chi connectivity index (χ2n) is 4.34. The number of hydrogen-bond acceptors (Lipinski definition) is 5. The molecule has 0 fully saturated rings. The Morgan fingerprint density at radius 2 is 2.16 bits per heavy atom. The number of aryl methyl sites for hydroxylation is 1. The maximum Gasteiger partial charge on any atom is 0.222 e. The highest BCUT2D eigenvalue weighted by molar-refractivity contribution is 5.48. The van der Waals surface area contributed by atoms with Gasteiger partial charge in [-0.15, -0.1) is 0 Å². The Bertz CT molecular complexity index is 524. The molecule has 0 radical (unpaired) electrons. The zero-order valence-corrected chi connectivity index (χ0v) is 11.6. The normalized spacial score (nSPS) is 10.5. The second kappa shape index (κ2) is 6.22. The molecule has 0 aliphatic rings. The molecule has 102 valence electrons. The molecule has 0 atom stereocenters. The van der Waals surface area contributed by atoms with Gasteiger partial charge in [-0.2, -0.15) is 4.98 Å². The minimum absolute atomic E-state index is 0.373. The van der Waals surface area contributed by atoms with Crippen molar-refractivity contribution in [1.82, 2.24) is 9.97 Å². The van der Waals surface area contributed by atoms with Gasteiger partial charge in [-0.1, -0.05) is 6.92 Å². The lowest BCUT2D eigenvalue weighted by atomic mass is 10.3. The van der Waals surface area contributed by atoms with Gasteiger partial charge in [0, 0.05) is 6.54 Å². The fourth-order valence-corrected chi connectivity index (χ4v) is 1.69. The summed E-state index contributed by atoms with van der Waals surface area (Å²) in [6, 6.07) is 3.71. The average Bonchev–Trinajstić information content (AvgIpc) is 2.91. The summed E-state index contributed by atoms with van der Waals surface area (Å²) in [6.07, 6.45) is 2.68. The minimum Gasteiger partial charge on any atom is -0.469 e. The third-order valence-electron chi connectivity index (χ3n) is 2.69. The summed E-state index contributed by atoms with van der Waals surface area (Å²) in [4.78, 5) is 8.72. The zero-order valence-electron chi connectivity index (χ0n) is 11.6. The van der Waals surface area contributed by atoms with Gasteiger partial charge in [-0.3, -0.25) is 0 Å². The zero-order chi connectivity index (χ0) is 13.7. The molecule has 5 nitrogen and oxygen atoms in total. The molecule has 0 aliphatic heterocycles. The van der Waals surface area contributed by atoms with Gasteiger partial charge >= 0.3 is 0 Å². The molecule has 0 aromatic carbocycles. The van der Waals surface area contributed by atoms with Crippen LogP contribution in [0, 0.1) is 13.8 Å². The van der Waals surface area contributed by atoms with Gasteiger partial charge in [0.2, 0.25) is 5.88 Å². The first-order valence-corrected chi connectivity index (χ1v) is 6.45. The number of hydrogen-bond donors (Lipinski definition) is 1. The lowest BCUT2D eigenvalue weighted by Gasteiger charge is -2.12. The lowest BCUT2D eigenvalue weighted by molar-refractivity contribution is 0.258. The number of anilines is 1. The largest absolute Gasteiger partial charge is 0.469 e. The maximum atomic E-state index is 5.70. The van der Waals surface area contributed by atoms with E-state index in [9.17, 15) is 0 Å². The highest BCUT2D eigenvalue weighted by Crippen LogP contribution is 2.22. The van der Waals surface area contributed by atoms with Crippen molar-refractivity contribution in [2.45, 2.75) is 33.8 Å². The van der Waals surface area contributed by atoms with E-state index in [2.05, 4.69) is 22.2 Å². The molecule has 1 N–H and O–H groups in total.